The zero-order valence-electron chi connectivity index (χ0n) is 20.2. The first-order valence-electron chi connectivity index (χ1n) is 11.9. The van der Waals surface area contributed by atoms with Crippen LogP contribution in [0.3, 0.4) is 0 Å². The standard InChI is InChI=1S/C26H31ClN6O/c1-16(2)19-13-22(28-15-19)29-23-14-24(33-9-7-32(4)8-10-33)31-26(30-23)34-21-6-5-18-11-17(3)12-20(18)25(21)27/h5-6,12-14,16H,7-11,15H2,1-4H3,(H,28,29,30,31). The lowest BCUT2D eigenvalue weighted by Gasteiger charge is -2.33. The predicted octanol–water partition coefficient (Wildman–Crippen LogP) is 5.04. The van der Waals surface area contributed by atoms with Gasteiger partial charge in [0.05, 0.1) is 11.6 Å². The van der Waals surface area contributed by atoms with E-state index in [2.05, 4.69) is 71.1 Å². The van der Waals surface area contributed by atoms with Crippen LogP contribution >= 0.6 is 11.6 Å². The number of anilines is 2. The van der Waals surface area contributed by atoms with Crippen LogP contribution in [0.5, 0.6) is 11.8 Å². The average molecular weight is 479 g/mol. The van der Waals surface area contributed by atoms with Gasteiger partial charge in [-0.1, -0.05) is 43.2 Å². The third kappa shape index (κ3) is 4.81. The molecule has 0 spiro atoms. The number of hydrogen-bond acceptors (Lipinski definition) is 7. The number of likely N-dealkylation sites (N-methyl/N-ethyl adjacent to an activating group) is 1. The quantitative estimate of drug-likeness (QED) is 0.649. The van der Waals surface area contributed by atoms with E-state index in [0.717, 1.165) is 56.4 Å². The zero-order valence-corrected chi connectivity index (χ0v) is 21.0. The Balaban J connectivity index is 1.45. The summed E-state index contributed by atoms with van der Waals surface area (Å²) >= 11 is 6.71. The molecule has 34 heavy (non-hydrogen) atoms. The molecule has 178 valence electrons. The molecule has 1 fully saturated rings. The highest BCUT2D eigenvalue weighted by Crippen LogP contribution is 2.38. The Kier molecular flexibility index (Phi) is 6.32. The van der Waals surface area contributed by atoms with E-state index >= 15 is 0 Å². The van der Waals surface area contributed by atoms with Crippen LogP contribution in [0.25, 0.3) is 6.08 Å². The summed E-state index contributed by atoms with van der Waals surface area (Å²) in [5, 5.41) is 3.96. The number of ether oxygens (including phenoxy) is 1. The summed E-state index contributed by atoms with van der Waals surface area (Å²) in [4.78, 5) is 18.6. The second-order valence-corrected chi connectivity index (χ2v) is 9.98. The molecule has 8 heteroatoms. The average Bonchev–Trinajstić information content (AvgIpc) is 3.43. The molecule has 1 aromatic carbocycles. The first-order chi connectivity index (χ1) is 16.4. The van der Waals surface area contributed by atoms with Gasteiger partial charge in [0.2, 0.25) is 0 Å². The summed E-state index contributed by atoms with van der Waals surface area (Å²) in [6, 6.07) is 6.22. The van der Waals surface area contributed by atoms with Crippen molar-refractivity contribution >= 4 is 35.1 Å². The minimum atomic E-state index is 0.270. The number of amidine groups is 1. The Labute approximate surface area is 206 Å². The first kappa shape index (κ1) is 22.9. The molecule has 0 saturated carbocycles. The number of hydrogen-bond donors (Lipinski definition) is 1. The number of aromatic nitrogens is 2. The number of nitrogens with one attached hydrogen (secondary N) is 1. The van der Waals surface area contributed by atoms with E-state index in [1.807, 2.05) is 12.1 Å². The highest BCUT2D eigenvalue weighted by molar-refractivity contribution is 6.33. The van der Waals surface area contributed by atoms with Gasteiger partial charge in [-0.05, 0) is 49.6 Å². The van der Waals surface area contributed by atoms with Crippen molar-refractivity contribution in [3.63, 3.8) is 0 Å². The number of piperazine rings is 1. The van der Waals surface area contributed by atoms with Gasteiger partial charge in [0.1, 0.15) is 23.2 Å². The van der Waals surface area contributed by atoms with Crippen molar-refractivity contribution in [3.05, 3.63) is 51.6 Å². The van der Waals surface area contributed by atoms with Crippen LogP contribution in [0.1, 0.15) is 31.9 Å². The van der Waals surface area contributed by atoms with Gasteiger partial charge in [0.15, 0.2) is 0 Å². The zero-order chi connectivity index (χ0) is 23.8. The van der Waals surface area contributed by atoms with Crippen molar-refractivity contribution in [3.8, 4) is 11.8 Å². The fraction of sp³-hybridized carbons (Fsp3) is 0.423. The Morgan fingerprint density at radius 3 is 2.62 bits per heavy atom. The van der Waals surface area contributed by atoms with E-state index in [-0.39, 0.29) is 6.01 Å². The smallest absolute Gasteiger partial charge is 0.325 e. The second kappa shape index (κ2) is 9.39. The van der Waals surface area contributed by atoms with E-state index in [1.54, 1.807) is 0 Å². The van der Waals surface area contributed by atoms with Gasteiger partial charge in [0.25, 0.3) is 0 Å². The maximum Gasteiger partial charge on any atom is 0.325 e. The van der Waals surface area contributed by atoms with Crippen LogP contribution in [0.2, 0.25) is 5.02 Å². The van der Waals surface area contributed by atoms with E-state index in [0.29, 0.717) is 22.5 Å². The molecule has 0 amide bonds. The van der Waals surface area contributed by atoms with Crippen LogP contribution in [0.15, 0.2) is 40.4 Å². The summed E-state index contributed by atoms with van der Waals surface area (Å²) in [5.41, 5.74) is 4.84. The predicted molar refractivity (Wildman–Crippen MR) is 139 cm³/mol. The number of nitrogens with zero attached hydrogens (tertiary/aromatic N) is 5. The largest absolute Gasteiger partial charge is 0.423 e. The molecule has 2 aliphatic heterocycles. The third-order valence-corrected chi connectivity index (χ3v) is 6.96. The summed E-state index contributed by atoms with van der Waals surface area (Å²) in [6.45, 7) is 11.0. The van der Waals surface area contributed by atoms with E-state index in [1.165, 1.54) is 16.7 Å². The van der Waals surface area contributed by atoms with Crippen molar-refractivity contribution in [1.29, 1.82) is 0 Å². The lowest BCUT2D eigenvalue weighted by Crippen LogP contribution is -2.44. The molecule has 0 unspecified atom stereocenters. The second-order valence-electron chi connectivity index (χ2n) is 9.60. The molecule has 1 aromatic heterocycles. The minimum Gasteiger partial charge on any atom is -0.423 e. The van der Waals surface area contributed by atoms with Crippen LogP contribution in [0.4, 0.5) is 11.6 Å². The molecule has 3 aliphatic rings. The van der Waals surface area contributed by atoms with Gasteiger partial charge in [-0.15, -0.1) is 0 Å². The molecule has 5 rings (SSSR count). The molecule has 0 bridgehead atoms. The van der Waals surface area contributed by atoms with Crippen molar-refractivity contribution in [2.24, 2.45) is 10.9 Å². The van der Waals surface area contributed by atoms with E-state index < -0.39 is 0 Å². The number of aliphatic imine (C=N–C) groups is 1. The van der Waals surface area contributed by atoms with E-state index in [9.17, 15) is 0 Å². The summed E-state index contributed by atoms with van der Waals surface area (Å²) in [7, 11) is 2.14. The number of fused-ring (bicyclic) bond motifs is 1. The molecule has 1 saturated heterocycles. The van der Waals surface area contributed by atoms with Gasteiger partial charge in [-0.25, -0.2) is 0 Å². The fourth-order valence-corrected chi connectivity index (χ4v) is 4.70. The van der Waals surface area contributed by atoms with Crippen molar-refractivity contribution < 1.29 is 4.74 Å². The molecule has 2 aromatic rings. The molecule has 7 nitrogen and oxygen atoms in total. The number of rotatable bonds is 5. The van der Waals surface area contributed by atoms with Gasteiger partial charge in [-0.3, -0.25) is 4.99 Å². The fourth-order valence-electron chi connectivity index (χ4n) is 4.42. The van der Waals surface area contributed by atoms with Crippen LogP contribution in [-0.4, -0.2) is 60.5 Å². The highest BCUT2D eigenvalue weighted by atomic mass is 35.5. The molecule has 0 atom stereocenters. The maximum absolute atomic E-state index is 6.71. The van der Waals surface area contributed by atoms with Crippen molar-refractivity contribution in [2.75, 3.05) is 50.0 Å². The number of allylic oxidation sites excluding steroid dienone is 1. The number of halogens is 1. The van der Waals surface area contributed by atoms with Crippen molar-refractivity contribution in [2.45, 2.75) is 27.2 Å². The maximum atomic E-state index is 6.71. The third-order valence-electron chi connectivity index (χ3n) is 6.57. The number of benzene rings is 1. The van der Waals surface area contributed by atoms with Gasteiger partial charge < -0.3 is 19.9 Å². The summed E-state index contributed by atoms with van der Waals surface area (Å²) in [5.74, 6) is 3.34. The summed E-state index contributed by atoms with van der Waals surface area (Å²) in [6.07, 6.45) is 5.15. The summed E-state index contributed by atoms with van der Waals surface area (Å²) < 4.78 is 6.17. The minimum absolute atomic E-state index is 0.270. The molecule has 3 heterocycles. The van der Waals surface area contributed by atoms with Crippen LogP contribution in [0, 0.1) is 5.92 Å². The Morgan fingerprint density at radius 2 is 1.88 bits per heavy atom. The molecular weight excluding hydrogens is 448 g/mol. The van der Waals surface area contributed by atoms with Gasteiger partial charge in [-0.2, -0.15) is 9.97 Å². The Hall–Kier alpha value is -2.90. The normalized spacial score (nSPS) is 18.1. The van der Waals surface area contributed by atoms with Gasteiger partial charge >= 0.3 is 6.01 Å². The van der Waals surface area contributed by atoms with Crippen LogP contribution in [-0.2, 0) is 6.42 Å². The first-order valence-corrected chi connectivity index (χ1v) is 12.2. The lowest BCUT2D eigenvalue weighted by molar-refractivity contribution is 0.311. The molecule has 0 radical (unpaired) electrons. The van der Waals surface area contributed by atoms with Crippen molar-refractivity contribution in [1.82, 2.24) is 14.9 Å². The lowest BCUT2D eigenvalue weighted by atomic mass is 10.0. The molecular formula is C26H31ClN6O. The van der Waals surface area contributed by atoms with E-state index in [4.69, 9.17) is 21.3 Å². The van der Waals surface area contributed by atoms with Gasteiger partial charge in [0, 0.05) is 37.8 Å². The van der Waals surface area contributed by atoms with Crippen LogP contribution < -0.4 is 15.0 Å². The topological polar surface area (TPSA) is 65.9 Å². The Morgan fingerprint density at radius 1 is 1.09 bits per heavy atom. The highest BCUT2D eigenvalue weighted by Gasteiger charge is 2.21. The monoisotopic (exact) mass is 478 g/mol. The SMILES string of the molecule is CC1=Cc2c(ccc(Oc3nc(NC4=NCC(C(C)C)=C4)cc(N4CCN(C)CC4)n3)c2Cl)C1. The molecule has 1 aliphatic carbocycles. The molecule has 1 N–H and O–H groups in total. The Bertz CT molecular complexity index is 1190.